The van der Waals surface area contributed by atoms with Gasteiger partial charge in [0.05, 0.1) is 0 Å². The van der Waals surface area contributed by atoms with Crippen LogP contribution in [0.25, 0.3) is 0 Å². The van der Waals surface area contributed by atoms with E-state index in [2.05, 4.69) is 17.9 Å². The fourth-order valence-corrected chi connectivity index (χ4v) is 2.37. The Morgan fingerprint density at radius 1 is 1.38 bits per heavy atom. The van der Waals surface area contributed by atoms with Gasteiger partial charge in [0.1, 0.15) is 4.32 Å². The minimum absolute atomic E-state index is 0.149. The second-order valence-electron chi connectivity index (χ2n) is 3.03. The summed E-state index contributed by atoms with van der Waals surface area (Å²) in [4.78, 5) is 11.7. The van der Waals surface area contributed by atoms with Crippen LogP contribution in [0.3, 0.4) is 0 Å². The van der Waals surface area contributed by atoms with Gasteiger partial charge in [-0.25, -0.2) is 0 Å². The molecule has 1 rings (SSSR count). The molecule has 0 heterocycles. The summed E-state index contributed by atoms with van der Waals surface area (Å²) in [5.74, 6) is 1.57. The van der Waals surface area contributed by atoms with E-state index in [0.717, 1.165) is 17.9 Å². The highest BCUT2D eigenvalue weighted by Crippen LogP contribution is 2.06. The molecule has 0 saturated carbocycles. The smallest absolute Gasteiger partial charge is 0.256 e. The van der Waals surface area contributed by atoms with Crippen LogP contribution >= 0.6 is 36.6 Å². The number of thioether (sulfide) groups is 1. The van der Waals surface area contributed by atoms with Gasteiger partial charge in [0.2, 0.25) is 0 Å². The van der Waals surface area contributed by atoms with E-state index >= 15 is 0 Å². The molecule has 0 aliphatic carbocycles. The van der Waals surface area contributed by atoms with Crippen LogP contribution < -0.4 is 5.32 Å². The summed E-state index contributed by atoms with van der Waals surface area (Å²) in [7, 11) is 0. The molecular formula is C11H13NOS3. The summed E-state index contributed by atoms with van der Waals surface area (Å²) >= 11 is 10.6. The maximum Gasteiger partial charge on any atom is 0.256 e. The van der Waals surface area contributed by atoms with Gasteiger partial charge in [0.25, 0.3) is 5.91 Å². The molecule has 1 N–H and O–H groups in total. The van der Waals surface area contributed by atoms with Gasteiger partial charge in [-0.15, -0.1) is 0 Å². The largest absolute Gasteiger partial charge is 0.308 e. The SMILES string of the molecule is O=C(NC(=S)SCCCS)c1ccccc1. The summed E-state index contributed by atoms with van der Waals surface area (Å²) in [5, 5.41) is 2.69. The molecular weight excluding hydrogens is 258 g/mol. The van der Waals surface area contributed by atoms with E-state index < -0.39 is 0 Å². The molecule has 0 aliphatic rings. The molecule has 0 bridgehead atoms. The summed E-state index contributed by atoms with van der Waals surface area (Å²) < 4.78 is 0.524. The van der Waals surface area contributed by atoms with E-state index in [1.165, 1.54) is 11.8 Å². The van der Waals surface area contributed by atoms with Gasteiger partial charge in [0.15, 0.2) is 0 Å². The van der Waals surface area contributed by atoms with Crippen molar-refractivity contribution in [3.05, 3.63) is 35.9 Å². The molecule has 0 spiro atoms. The molecule has 0 aliphatic heterocycles. The van der Waals surface area contributed by atoms with Crippen LogP contribution in [-0.2, 0) is 0 Å². The minimum atomic E-state index is -0.149. The van der Waals surface area contributed by atoms with Crippen LogP contribution in [0.4, 0.5) is 0 Å². The third-order valence-corrected chi connectivity index (χ3v) is 3.42. The summed E-state index contributed by atoms with van der Waals surface area (Å²) in [6.45, 7) is 0. The van der Waals surface area contributed by atoms with Gasteiger partial charge < -0.3 is 5.32 Å². The first-order chi connectivity index (χ1) is 7.74. The molecule has 1 aromatic carbocycles. The lowest BCUT2D eigenvalue weighted by Gasteiger charge is -2.05. The number of carbonyl (C=O) groups excluding carboxylic acids is 1. The molecule has 0 fully saturated rings. The van der Waals surface area contributed by atoms with Crippen molar-refractivity contribution in [2.75, 3.05) is 11.5 Å². The first-order valence-corrected chi connectivity index (χ1v) is 6.90. The van der Waals surface area contributed by atoms with Crippen LogP contribution in [0.1, 0.15) is 16.8 Å². The topological polar surface area (TPSA) is 29.1 Å². The van der Waals surface area contributed by atoms with Crippen LogP contribution in [0.15, 0.2) is 30.3 Å². The second kappa shape index (κ2) is 7.70. The van der Waals surface area contributed by atoms with Crippen molar-refractivity contribution in [1.82, 2.24) is 5.32 Å². The van der Waals surface area contributed by atoms with Crippen LogP contribution in [0.2, 0.25) is 0 Å². The molecule has 0 saturated heterocycles. The van der Waals surface area contributed by atoms with Gasteiger partial charge in [-0.2, -0.15) is 12.6 Å². The number of carbonyl (C=O) groups is 1. The molecule has 0 aromatic heterocycles. The Balaban J connectivity index is 2.37. The lowest BCUT2D eigenvalue weighted by Crippen LogP contribution is -2.26. The zero-order chi connectivity index (χ0) is 11.8. The molecule has 86 valence electrons. The average Bonchev–Trinajstić information content (AvgIpc) is 2.30. The Morgan fingerprint density at radius 3 is 2.69 bits per heavy atom. The molecule has 0 radical (unpaired) electrons. The fraction of sp³-hybridized carbons (Fsp3) is 0.273. The van der Waals surface area contributed by atoms with Crippen molar-refractivity contribution in [3.63, 3.8) is 0 Å². The molecule has 16 heavy (non-hydrogen) atoms. The van der Waals surface area contributed by atoms with Crippen LogP contribution in [0, 0.1) is 0 Å². The van der Waals surface area contributed by atoms with Gasteiger partial charge in [-0.1, -0.05) is 42.2 Å². The van der Waals surface area contributed by atoms with E-state index in [4.69, 9.17) is 12.2 Å². The lowest BCUT2D eigenvalue weighted by atomic mass is 10.2. The predicted octanol–water partition coefficient (Wildman–Crippen LogP) is 2.75. The highest BCUT2D eigenvalue weighted by Gasteiger charge is 2.06. The van der Waals surface area contributed by atoms with Crippen LogP contribution in [0.5, 0.6) is 0 Å². The first kappa shape index (κ1) is 13.5. The van der Waals surface area contributed by atoms with Crippen molar-refractivity contribution in [1.29, 1.82) is 0 Å². The number of rotatable bonds is 4. The summed E-state index contributed by atoms with van der Waals surface area (Å²) in [5.41, 5.74) is 0.625. The third kappa shape index (κ3) is 5.01. The van der Waals surface area contributed by atoms with Crippen molar-refractivity contribution in [2.24, 2.45) is 0 Å². The van der Waals surface area contributed by atoms with E-state index in [1.54, 1.807) is 12.1 Å². The summed E-state index contributed by atoms with van der Waals surface area (Å²) in [6.07, 6.45) is 0.981. The van der Waals surface area contributed by atoms with Gasteiger partial charge in [-0.05, 0) is 24.3 Å². The highest BCUT2D eigenvalue weighted by molar-refractivity contribution is 8.23. The van der Waals surface area contributed by atoms with Crippen molar-refractivity contribution < 1.29 is 4.79 Å². The summed E-state index contributed by atoms with van der Waals surface area (Å²) in [6, 6.07) is 9.04. The highest BCUT2D eigenvalue weighted by atomic mass is 32.2. The van der Waals surface area contributed by atoms with E-state index in [1.807, 2.05) is 18.2 Å². The molecule has 0 unspecified atom stereocenters. The number of hydrogen-bond donors (Lipinski definition) is 2. The fourth-order valence-electron chi connectivity index (χ4n) is 1.02. The first-order valence-electron chi connectivity index (χ1n) is 4.88. The number of amides is 1. The number of hydrogen-bond acceptors (Lipinski definition) is 4. The molecule has 1 aromatic rings. The Hall–Kier alpha value is -0.520. The zero-order valence-electron chi connectivity index (χ0n) is 8.68. The Morgan fingerprint density at radius 2 is 2.06 bits per heavy atom. The van der Waals surface area contributed by atoms with Gasteiger partial charge in [0, 0.05) is 11.3 Å². The van der Waals surface area contributed by atoms with Gasteiger partial charge >= 0.3 is 0 Å². The van der Waals surface area contributed by atoms with E-state index in [-0.39, 0.29) is 5.91 Å². The van der Waals surface area contributed by atoms with Gasteiger partial charge in [-0.3, -0.25) is 4.79 Å². The number of benzene rings is 1. The Bertz CT molecular complexity index is 354. The number of thiol groups is 1. The number of thiocarbonyl (C=S) groups is 1. The van der Waals surface area contributed by atoms with E-state index in [0.29, 0.717) is 9.88 Å². The normalized spacial score (nSPS) is 9.81. The van der Waals surface area contributed by atoms with Crippen LogP contribution in [-0.4, -0.2) is 21.7 Å². The Labute approximate surface area is 111 Å². The van der Waals surface area contributed by atoms with Crippen molar-refractivity contribution in [3.8, 4) is 0 Å². The molecule has 5 heteroatoms. The molecule has 2 nitrogen and oxygen atoms in total. The molecule has 1 amide bonds. The van der Waals surface area contributed by atoms with Crippen molar-refractivity contribution >= 4 is 46.8 Å². The predicted molar refractivity (Wildman–Crippen MR) is 77.4 cm³/mol. The quantitative estimate of drug-likeness (QED) is 0.501. The third-order valence-electron chi connectivity index (χ3n) is 1.79. The Kier molecular flexibility index (Phi) is 6.52. The minimum Gasteiger partial charge on any atom is -0.308 e. The monoisotopic (exact) mass is 271 g/mol. The molecule has 0 atom stereocenters. The second-order valence-corrected chi connectivity index (χ2v) is 5.25. The van der Waals surface area contributed by atoms with Crippen molar-refractivity contribution in [2.45, 2.75) is 6.42 Å². The number of nitrogens with one attached hydrogen (secondary N) is 1. The maximum atomic E-state index is 11.7. The zero-order valence-corrected chi connectivity index (χ0v) is 11.2. The maximum absolute atomic E-state index is 11.7. The standard InChI is InChI=1S/C11H13NOS3/c13-10(9-5-2-1-3-6-9)12-11(15)16-8-4-7-14/h1-3,5-6,14H,4,7-8H2,(H,12,13,15). The van der Waals surface area contributed by atoms with E-state index in [9.17, 15) is 4.79 Å². The lowest BCUT2D eigenvalue weighted by molar-refractivity contribution is 0.0978. The average molecular weight is 271 g/mol.